The van der Waals surface area contributed by atoms with E-state index >= 15 is 0 Å². The first-order chi connectivity index (χ1) is 7.18. The fraction of sp³-hybridized carbons (Fsp3) is 0. The molecule has 2 aromatic rings. The zero-order valence-corrected chi connectivity index (χ0v) is 7.52. The molecule has 0 atom stereocenters. The van der Waals surface area contributed by atoms with Gasteiger partial charge in [0.15, 0.2) is 0 Å². The number of benzene rings is 1. The van der Waals surface area contributed by atoms with Gasteiger partial charge in [-0.05, 0) is 12.1 Å². The minimum atomic E-state index is -0.881. The van der Waals surface area contributed by atoms with Crippen molar-refractivity contribution in [2.75, 3.05) is 0 Å². The molecule has 0 N–H and O–H groups in total. The predicted molar refractivity (Wildman–Crippen MR) is 48.3 cm³/mol. The molecule has 0 bridgehead atoms. The van der Waals surface area contributed by atoms with Gasteiger partial charge < -0.3 is 0 Å². The fourth-order valence-corrected chi connectivity index (χ4v) is 1.18. The zero-order valence-electron chi connectivity index (χ0n) is 7.52. The summed E-state index contributed by atoms with van der Waals surface area (Å²) in [5, 5.41) is 0. The molecule has 0 saturated heterocycles. The Morgan fingerprint density at radius 1 is 1.33 bits per heavy atom. The second-order valence-electron chi connectivity index (χ2n) is 2.90. The van der Waals surface area contributed by atoms with Crippen LogP contribution < -0.4 is 0 Å². The van der Waals surface area contributed by atoms with Crippen molar-refractivity contribution in [2.45, 2.75) is 0 Å². The topological polar surface area (TPSA) is 34.9 Å². The van der Waals surface area contributed by atoms with E-state index in [9.17, 15) is 13.6 Å². The second-order valence-corrected chi connectivity index (χ2v) is 2.90. The van der Waals surface area contributed by atoms with Gasteiger partial charge in [-0.2, -0.15) is 0 Å². The molecular weight excluding hydrogens is 202 g/mol. The van der Waals surface area contributed by atoms with Crippen LogP contribution in [0.2, 0.25) is 0 Å². The van der Waals surface area contributed by atoms with Crippen LogP contribution in [0, 0.1) is 11.6 Å². The van der Waals surface area contributed by atoms with Crippen LogP contribution in [0.4, 0.5) is 8.78 Å². The van der Waals surface area contributed by atoms with Gasteiger partial charge in [-0.1, -0.05) is 0 Å². The van der Waals surface area contributed by atoms with E-state index in [1.165, 1.54) is 18.7 Å². The lowest BCUT2D eigenvalue weighted by atomic mass is 10.2. The monoisotopic (exact) mass is 208 g/mol. The molecule has 0 aliphatic carbocycles. The van der Waals surface area contributed by atoms with Gasteiger partial charge in [0.05, 0.1) is 5.56 Å². The minimum Gasteiger partial charge on any atom is -0.272 e. The van der Waals surface area contributed by atoms with Crippen molar-refractivity contribution in [2.24, 2.45) is 0 Å². The van der Waals surface area contributed by atoms with Crippen molar-refractivity contribution in [3.8, 4) is 0 Å². The van der Waals surface area contributed by atoms with Crippen molar-refractivity contribution in [3.05, 3.63) is 54.1 Å². The van der Waals surface area contributed by atoms with E-state index in [4.69, 9.17) is 0 Å². The van der Waals surface area contributed by atoms with Crippen LogP contribution in [0.15, 0.2) is 36.9 Å². The van der Waals surface area contributed by atoms with Gasteiger partial charge in [0.25, 0.3) is 5.91 Å². The van der Waals surface area contributed by atoms with Gasteiger partial charge in [-0.25, -0.2) is 13.8 Å². The molecule has 1 aromatic carbocycles. The summed E-state index contributed by atoms with van der Waals surface area (Å²) in [4.78, 5) is 15.3. The van der Waals surface area contributed by atoms with Crippen molar-refractivity contribution in [1.82, 2.24) is 9.55 Å². The van der Waals surface area contributed by atoms with Crippen LogP contribution in [0.5, 0.6) is 0 Å². The molecule has 2 rings (SSSR count). The number of hydrogen-bond acceptors (Lipinski definition) is 2. The zero-order chi connectivity index (χ0) is 10.8. The van der Waals surface area contributed by atoms with E-state index in [2.05, 4.69) is 4.98 Å². The third-order valence-corrected chi connectivity index (χ3v) is 1.90. The lowest BCUT2D eigenvalue weighted by Gasteiger charge is -2.02. The van der Waals surface area contributed by atoms with Crippen LogP contribution >= 0.6 is 0 Å². The Kier molecular flexibility index (Phi) is 2.29. The lowest BCUT2D eigenvalue weighted by molar-refractivity contribution is 0.0955. The van der Waals surface area contributed by atoms with Gasteiger partial charge in [0.2, 0.25) is 0 Å². The molecule has 15 heavy (non-hydrogen) atoms. The summed E-state index contributed by atoms with van der Waals surface area (Å²) in [6, 6.07) is 2.81. The summed E-state index contributed by atoms with van der Waals surface area (Å²) >= 11 is 0. The van der Waals surface area contributed by atoms with Crippen molar-refractivity contribution in [1.29, 1.82) is 0 Å². The molecule has 0 amide bonds. The molecule has 76 valence electrons. The van der Waals surface area contributed by atoms with Gasteiger partial charge in [0, 0.05) is 18.5 Å². The largest absolute Gasteiger partial charge is 0.272 e. The Morgan fingerprint density at radius 2 is 2.13 bits per heavy atom. The molecule has 0 aliphatic heterocycles. The third-order valence-electron chi connectivity index (χ3n) is 1.90. The number of rotatable bonds is 1. The molecule has 1 aromatic heterocycles. The number of halogens is 2. The second kappa shape index (κ2) is 3.61. The highest BCUT2D eigenvalue weighted by atomic mass is 19.1. The fourth-order valence-electron chi connectivity index (χ4n) is 1.18. The van der Waals surface area contributed by atoms with E-state index in [-0.39, 0.29) is 5.56 Å². The van der Waals surface area contributed by atoms with Crippen LogP contribution in [-0.2, 0) is 0 Å². The van der Waals surface area contributed by atoms with Crippen molar-refractivity contribution in [3.63, 3.8) is 0 Å². The van der Waals surface area contributed by atoms with Gasteiger partial charge >= 0.3 is 0 Å². The highest BCUT2D eigenvalue weighted by Crippen LogP contribution is 2.10. The third kappa shape index (κ3) is 1.76. The van der Waals surface area contributed by atoms with Crippen LogP contribution in [0.3, 0.4) is 0 Å². The number of nitrogens with zero attached hydrogens (tertiary/aromatic N) is 2. The molecule has 0 spiro atoms. The van der Waals surface area contributed by atoms with Gasteiger partial charge in [-0.15, -0.1) is 0 Å². The van der Waals surface area contributed by atoms with Crippen LogP contribution in [0.25, 0.3) is 0 Å². The Hall–Kier alpha value is -2.04. The maximum atomic E-state index is 13.2. The van der Waals surface area contributed by atoms with E-state index in [1.807, 2.05) is 0 Å². The van der Waals surface area contributed by atoms with Gasteiger partial charge in [-0.3, -0.25) is 9.36 Å². The maximum absolute atomic E-state index is 13.2. The Labute approximate surface area is 84.0 Å². The number of aromatic nitrogens is 2. The van der Waals surface area contributed by atoms with E-state index in [0.717, 1.165) is 16.7 Å². The minimum absolute atomic E-state index is 0.186. The Bertz CT molecular complexity index is 494. The normalized spacial score (nSPS) is 10.3. The molecule has 3 nitrogen and oxygen atoms in total. The highest BCUT2D eigenvalue weighted by molar-refractivity contribution is 5.96. The predicted octanol–water partition coefficient (Wildman–Crippen LogP) is 1.85. The summed E-state index contributed by atoms with van der Waals surface area (Å²) in [7, 11) is 0. The molecule has 0 fully saturated rings. The summed E-state index contributed by atoms with van der Waals surface area (Å²) in [5.41, 5.74) is -0.186. The summed E-state index contributed by atoms with van der Waals surface area (Å²) in [6.07, 6.45) is 4.05. The molecule has 0 unspecified atom stereocenters. The lowest BCUT2D eigenvalue weighted by Crippen LogP contribution is -2.11. The van der Waals surface area contributed by atoms with Gasteiger partial charge in [0.1, 0.15) is 18.0 Å². The standard InChI is InChI=1S/C10H6F2N2O/c11-7-1-2-8(9(12)5-7)10(15)14-4-3-13-6-14/h1-6H. The summed E-state index contributed by atoms with van der Waals surface area (Å²) < 4.78 is 26.9. The molecule has 0 aliphatic rings. The highest BCUT2D eigenvalue weighted by Gasteiger charge is 2.13. The molecule has 1 heterocycles. The number of hydrogen-bond donors (Lipinski definition) is 0. The first kappa shape index (κ1) is 9.51. The average Bonchev–Trinajstić information content (AvgIpc) is 2.69. The Balaban J connectivity index is 2.42. The van der Waals surface area contributed by atoms with Crippen LogP contribution in [0.1, 0.15) is 10.4 Å². The van der Waals surface area contributed by atoms with Crippen molar-refractivity contribution >= 4 is 5.91 Å². The SMILES string of the molecule is O=C(c1ccc(F)cc1F)n1ccnc1. The average molecular weight is 208 g/mol. The molecule has 0 saturated carbocycles. The quantitative estimate of drug-likeness (QED) is 0.716. The number of carbonyl (C=O) groups is 1. The first-order valence-corrected chi connectivity index (χ1v) is 4.16. The smallest absolute Gasteiger partial charge is 0.266 e. The molecular formula is C10H6F2N2O. The maximum Gasteiger partial charge on any atom is 0.266 e. The van der Waals surface area contributed by atoms with E-state index in [1.54, 1.807) is 0 Å². The number of imidazole rings is 1. The first-order valence-electron chi connectivity index (χ1n) is 4.16. The molecule has 0 radical (unpaired) electrons. The van der Waals surface area contributed by atoms with E-state index in [0.29, 0.717) is 6.07 Å². The Morgan fingerprint density at radius 3 is 2.73 bits per heavy atom. The van der Waals surface area contributed by atoms with Crippen LogP contribution in [-0.4, -0.2) is 15.5 Å². The molecule has 5 heteroatoms. The summed E-state index contributed by atoms with van der Waals surface area (Å²) in [6.45, 7) is 0. The summed E-state index contributed by atoms with van der Waals surface area (Å²) in [5.74, 6) is -2.17. The van der Waals surface area contributed by atoms with Crippen molar-refractivity contribution < 1.29 is 13.6 Å². The van der Waals surface area contributed by atoms with E-state index < -0.39 is 17.5 Å². The number of carbonyl (C=O) groups excluding carboxylic acids is 1.